The first kappa shape index (κ1) is 28.9. The van der Waals surface area contributed by atoms with Gasteiger partial charge >= 0.3 is 0 Å². The van der Waals surface area contributed by atoms with Crippen LogP contribution in [0, 0.1) is 0 Å². The van der Waals surface area contributed by atoms with Gasteiger partial charge in [-0.2, -0.15) is 0 Å². The van der Waals surface area contributed by atoms with Gasteiger partial charge in [0.2, 0.25) is 11.8 Å². The Balaban J connectivity index is 2.08. The second kappa shape index (κ2) is 13.2. The number of nitrogens with zero attached hydrogens (tertiary/aromatic N) is 4. The first-order valence-electron chi connectivity index (χ1n) is 12.9. The van der Waals surface area contributed by atoms with Crippen LogP contribution in [0.1, 0.15) is 52.1 Å². The minimum Gasteiger partial charge on any atom is -0.493 e. The lowest BCUT2D eigenvalue weighted by atomic mass is 9.97. The molecule has 10 nitrogen and oxygen atoms in total. The summed E-state index contributed by atoms with van der Waals surface area (Å²) in [6.07, 6.45) is 1.26. The van der Waals surface area contributed by atoms with E-state index in [9.17, 15) is 9.59 Å². The summed E-state index contributed by atoms with van der Waals surface area (Å²) in [5.41, 5.74) is 1.48. The molecule has 0 aliphatic carbocycles. The number of carbonyl (C=O) groups is 2. The zero-order valence-electron chi connectivity index (χ0n) is 23.2. The van der Waals surface area contributed by atoms with Gasteiger partial charge in [-0.1, -0.05) is 36.4 Å². The van der Waals surface area contributed by atoms with Crippen molar-refractivity contribution in [3.63, 3.8) is 0 Å². The van der Waals surface area contributed by atoms with Crippen molar-refractivity contribution in [1.82, 2.24) is 25.2 Å². The molecule has 0 bridgehead atoms. The number of hydrogen-bond donors (Lipinski definition) is 1. The molecular formula is C28H39N5O5. The Morgan fingerprint density at radius 2 is 1.84 bits per heavy atom. The average molecular weight is 526 g/mol. The monoisotopic (exact) mass is 525 g/mol. The van der Waals surface area contributed by atoms with Gasteiger partial charge in [-0.25, -0.2) is 4.68 Å². The molecule has 1 N–H and O–H groups in total. The van der Waals surface area contributed by atoms with E-state index < -0.39 is 11.6 Å². The van der Waals surface area contributed by atoms with Crippen LogP contribution in [0.15, 0.2) is 42.5 Å². The van der Waals surface area contributed by atoms with Crippen molar-refractivity contribution >= 4 is 22.8 Å². The first-order chi connectivity index (χ1) is 18.3. The number of hydrogen-bond acceptors (Lipinski definition) is 7. The Bertz CT molecular complexity index is 1230. The predicted octanol–water partition coefficient (Wildman–Crippen LogP) is 3.75. The average Bonchev–Trinajstić information content (AvgIpc) is 3.32. The third-order valence-electron chi connectivity index (χ3n) is 6.55. The highest BCUT2D eigenvalue weighted by molar-refractivity contribution is 5.90. The molecule has 0 fully saturated rings. The predicted molar refractivity (Wildman–Crippen MR) is 145 cm³/mol. The molecule has 0 saturated carbocycles. The minimum atomic E-state index is -0.977. The number of rotatable bonds is 14. The van der Waals surface area contributed by atoms with Crippen LogP contribution in [0.4, 0.5) is 0 Å². The molecule has 0 aliphatic heterocycles. The smallest absolute Gasteiger partial charge is 0.248 e. The van der Waals surface area contributed by atoms with E-state index in [4.69, 9.17) is 14.2 Å². The number of carbonyl (C=O) groups excluding carboxylic acids is 2. The molecule has 38 heavy (non-hydrogen) atoms. The van der Waals surface area contributed by atoms with Crippen molar-refractivity contribution in [1.29, 1.82) is 0 Å². The van der Waals surface area contributed by atoms with E-state index in [1.165, 1.54) is 14.2 Å². The van der Waals surface area contributed by atoms with Crippen LogP contribution in [0.5, 0.6) is 11.5 Å². The molecule has 0 unspecified atom stereocenters. The summed E-state index contributed by atoms with van der Waals surface area (Å²) >= 11 is 0. The van der Waals surface area contributed by atoms with Gasteiger partial charge in [0.25, 0.3) is 0 Å². The van der Waals surface area contributed by atoms with E-state index in [1.807, 2.05) is 52.0 Å². The molecule has 206 valence electrons. The highest BCUT2D eigenvalue weighted by Gasteiger charge is 2.36. The molecule has 0 saturated heterocycles. The fraction of sp³-hybridized carbons (Fsp3) is 0.500. The van der Waals surface area contributed by atoms with Crippen molar-refractivity contribution in [2.24, 2.45) is 0 Å². The normalized spacial score (nSPS) is 12.3. The second-order valence-corrected chi connectivity index (χ2v) is 9.59. The zero-order valence-corrected chi connectivity index (χ0v) is 23.2. The van der Waals surface area contributed by atoms with Crippen LogP contribution >= 0.6 is 0 Å². The van der Waals surface area contributed by atoms with Crippen molar-refractivity contribution in [3.8, 4) is 11.5 Å². The molecular weight excluding hydrogens is 486 g/mol. The van der Waals surface area contributed by atoms with Crippen molar-refractivity contribution in [2.75, 3.05) is 34.0 Å². The Labute approximate surface area is 224 Å². The third kappa shape index (κ3) is 6.80. The van der Waals surface area contributed by atoms with Gasteiger partial charge in [0.15, 0.2) is 11.5 Å². The molecule has 10 heteroatoms. The maximum Gasteiger partial charge on any atom is 0.248 e. The highest BCUT2D eigenvalue weighted by Crippen LogP contribution is 2.38. The van der Waals surface area contributed by atoms with Gasteiger partial charge < -0.3 is 24.4 Å². The summed E-state index contributed by atoms with van der Waals surface area (Å²) in [4.78, 5) is 29.5. The van der Waals surface area contributed by atoms with Crippen LogP contribution in [0.25, 0.3) is 11.0 Å². The Morgan fingerprint density at radius 3 is 2.53 bits per heavy atom. The molecule has 1 aromatic heterocycles. The topological polar surface area (TPSA) is 108 Å². The molecule has 1 heterocycles. The van der Waals surface area contributed by atoms with Gasteiger partial charge in [0, 0.05) is 30.9 Å². The Morgan fingerprint density at radius 1 is 1.08 bits per heavy atom. The Hall–Kier alpha value is -3.66. The summed E-state index contributed by atoms with van der Waals surface area (Å²) in [7, 11) is 3.06. The van der Waals surface area contributed by atoms with Crippen LogP contribution in [0.2, 0.25) is 0 Å². The van der Waals surface area contributed by atoms with E-state index in [-0.39, 0.29) is 24.9 Å². The lowest BCUT2D eigenvalue weighted by molar-refractivity contribution is -0.142. The first-order valence-corrected chi connectivity index (χ1v) is 12.9. The fourth-order valence-corrected chi connectivity index (χ4v) is 4.20. The highest BCUT2D eigenvalue weighted by atomic mass is 16.5. The summed E-state index contributed by atoms with van der Waals surface area (Å²) < 4.78 is 18.3. The Kier molecular flexibility index (Phi) is 10.1. The molecule has 0 radical (unpaired) electrons. The van der Waals surface area contributed by atoms with E-state index in [0.717, 1.165) is 5.52 Å². The van der Waals surface area contributed by atoms with E-state index in [2.05, 4.69) is 15.6 Å². The zero-order chi connectivity index (χ0) is 27.7. The number of para-hydroxylation sites is 2. The number of benzene rings is 2. The van der Waals surface area contributed by atoms with Gasteiger partial charge in [0.1, 0.15) is 18.1 Å². The molecule has 0 aliphatic rings. The third-order valence-corrected chi connectivity index (χ3v) is 6.55. The van der Waals surface area contributed by atoms with Crippen LogP contribution < -0.4 is 14.8 Å². The number of methoxy groups -OCH3 is 2. The largest absolute Gasteiger partial charge is 0.493 e. The molecule has 0 spiro atoms. The summed E-state index contributed by atoms with van der Waals surface area (Å²) in [6, 6.07) is 11.8. The number of amides is 2. The van der Waals surface area contributed by atoms with Crippen molar-refractivity contribution in [2.45, 2.75) is 58.7 Å². The SMILES string of the molecule is CCOCCCN(C(=O)Cn1nnc2ccccc21)[C@@H](C(=O)NC(C)(C)CC)c1cccc(OC)c1OC. The summed E-state index contributed by atoms with van der Waals surface area (Å²) in [5.74, 6) is 0.285. The van der Waals surface area contributed by atoms with Gasteiger partial charge in [0.05, 0.1) is 19.7 Å². The maximum atomic E-state index is 14.0. The lowest BCUT2D eigenvalue weighted by Gasteiger charge is -2.35. The van der Waals surface area contributed by atoms with Crippen molar-refractivity contribution in [3.05, 3.63) is 48.0 Å². The number of aromatic nitrogens is 3. The van der Waals surface area contributed by atoms with E-state index in [0.29, 0.717) is 48.6 Å². The summed E-state index contributed by atoms with van der Waals surface area (Å²) in [6.45, 7) is 9.05. The number of nitrogens with one attached hydrogen (secondary N) is 1. The molecule has 2 aromatic carbocycles. The fourth-order valence-electron chi connectivity index (χ4n) is 4.20. The molecule has 2 amide bonds. The standard InChI is InChI=1S/C28H39N5O5/c1-7-28(3,4)29-27(35)25(20-13-11-16-23(36-5)26(20)37-6)32(17-12-18-38-8-2)24(34)19-33-22-15-10-9-14-21(22)30-31-33/h9-11,13-16,25H,7-8,12,17-19H2,1-6H3,(H,29,35)/t25-/m1/s1. The molecule has 3 rings (SSSR count). The molecule has 3 aromatic rings. The van der Waals surface area contributed by atoms with E-state index in [1.54, 1.807) is 27.8 Å². The second-order valence-electron chi connectivity index (χ2n) is 9.59. The maximum absolute atomic E-state index is 14.0. The minimum absolute atomic E-state index is 0.0810. The van der Waals surface area contributed by atoms with Crippen LogP contribution in [-0.2, 0) is 20.9 Å². The van der Waals surface area contributed by atoms with Crippen molar-refractivity contribution < 1.29 is 23.8 Å². The van der Waals surface area contributed by atoms with Crippen LogP contribution in [-0.4, -0.2) is 71.2 Å². The lowest BCUT2D eigenvalue weighted by Crippen LogP contribution is -2.51. The van der Waals surface area contributed by atoms with E-state index >= 15 is 0 Å². The number of ether oxygens (including phenoxy) is 3. The molecule has 1 atom stereocenters. The van der Waals surface area contributed by atoms with Gasteiger partial charge in [-0.15, -0.1) is 5.10 Å². The van der Waals surface area contributed by atoms with Gasteiger partial charge in [-0.3, -0.25) is 9.59 Å². The van der Waals surface area contributed by atoms with Gasteiger partial charge in [-0.05, 0) is 51.8 Å². The van der Waals surface area contributed by atoms with Crippen LogP contribution in [0.3, 0.4) is 0 Å². The summed E-state index contributed by atoms with van der Waals surface area (Å²) in [5, 5.41) is 11.5. The quantitative estimate of drug-likeness (QED) is 0.319. The number of fused-ring (bicyclic) bond motifs is 1.